The number of ether oxygens (including phenoxy) is 1. The van der Waals surface area contributed by atoms with E-state index >= 15 is 0 Å². The van der Waals surface area contributed by atoms with Crippen LogP contribution >= 0.6 is 11.6 Å². The van der Waals surface area contributed by atoms with Crippen molar-refractivity contribution in [3.8, 4) is 0 Å². The van der Waals surface area contributed by atoms with E-state index in [1.54, 1.807) is 32.2 Å². The number of hydrogen-bond acceptors (Lipinski definition) is 5. The Morgan fingerprint density at radius 2 is 1.93 bits per heavy atom. The zero-order chi connectivity index (χ0) is 21.2. The Labute approximate surface area is 176 Å². The third kappa shape index (κ3) is 4.27. The van der Waals surface area contributed by atoms with E-state index in [-0.39, 0.29) is 16.9 Å². The molecular weight excluding hydrogens is 412 g/mol. The first-order valence-electron chi connectivity index (χ1n) is 9.45. The van der Waals surface area contributed by atoms with Crippen LogP contribution in [-0.4, -0.2) is 35.1 Å². The van der Waals surface area contributed by atoms with Crippen LogP contribution in [0, 0.1) is 6.92 Å². The molecule has 8 heteroatoms. The summed E-state index contributed by atoms with van der Waals surface area (Å²) in [6.45, 7) is 2.41. The van der Waals surface area contributed by atoms with Gasteiger partial charge in [0.1, 0.15) is 0 Å². The Hall–Kier alpha value is -2.09. The summed E-state index contributed by atoms with van der Waals surface area (Å²) in [6.07, 6.45) is 1.80. The van der Waals surface area contributed by atoms with E-state index < -0.39 is 10.0 Å². The topological polar surface area (TPSA) is 75.7 Å². The number of para-hydroxylation sites is 1. The molecule has 1 aliphatic heterocycles. The number of carbonyl (C=O) groups excluding carboxylic acids is 1. The number of anilines is 1. The second-order valence-corrected chi connectivity index (χ2v) is 9.44. The first kappa shape index (κ1) is 21.6. The normalized spacial score (nSPS) is 17.2. The Balaban J connectivity index is 2.00. The summed E-state index contributed by atoms with van der Waals surface area (Å²) in [5.74, 6) is -0.231. The molecule has 29 heavy (non-hydrogen) atoms. The van der Waals surface area contributed by atoms with Crippen LogP contribution in [0.4, 0.5) is 5.69 Å². The third-order valence-corrected chi connectivity index (χ3v) is 7.45. The lowest BCUT2D eigenvalue weighted by Gasteiger charge is -2.22. The first-order chi connectivity index (χ1) is 13.8. The highest BCUT2D eigenvalue weighted by Gasteiger charge is 2.35. The number of aryl methyl sites for hydroxylation is 1. The molecule has 1 heterocycles. The lowest BCUT2D eigenvalue weighted by atomic mass is 9.96. The SMILES string of the molecule is COC(=O)CCCCNC1c2ccccc2N(C)S(=O)(=O)c2cc(C)c(Cl)cc21. The number of nitrogens with zero attached hydrogens (tertiary/aromatic N) is 1. The molecule has 0 radical (unpaired) electrons. The van der Waals surface area contributed by atoms with Gasteiger partial charge in [0, 0.05) is 18.5 Å². The van der Waals surface area contributed by atoms with E-state index in [0.29, 0.717) is 41.2 Å². The number of nitrogens with one attached hydrogen (secondary N) is 1. The fraction of sp³-hybridized carbons (Fsp3) is 0.381. The fourth-order valence-electron chi connectivity index (χ4n) is 3.55. The Morgan fingerprint density at radius 1 is 1.21 bits per heavy atom. The van der Waals surface area contributed by atoms with Crippen molar-refractivity contribution in [2.45, 2.75) is 37.1 Å². The van der Waals surface area contributed by atoms with Gasteiger partial charge in [-0.25, -0.2) is 8.42 Å². The van der Waals surface area contributed by atoms with Crippen LogP contribution in [0.25, 0.3) is 0 Å². The van der Waals surface area contributed by atoms with Crippen LogP contribution < -0.4 is 9.62 Å². The highest BCUT2D eigenvalue weighted by atomic mass is 35.5. The van der Waals surface area contributed by atoms with Gasteiger partial charge < -0.3 is 10.1 Å². The average molecular weight is 437 g/mol. The van der Waals surface area contributed by atoms with Crippen molar-refractivity contribution in [2.24, 2.45) is 0 Å². The van der Waals surface area contributed by atoms with Gasteiger partial charge in [0.2, 0.25) is 0 Å². The summed E-state index contributed by atoms with van der Waals surface area (Å²) < 4.78 is 32.6. The van der Waals surface area contributed by atoms with Crippen LogP contribution in [0.5, 0.6) is 0 Å². The monoisotopic (exact) mass is 436 g/mol. The van der Waals surface area contributed by atoms with E-state index in [1.807, 2.05) is 18.2 Å². The molecule has 1 atom stereocenters. The van der Waals surface area contributed by atoms with Crippen LogP contribution in [0.1, 0.15) is 42.0 Å². The van der Waals surface area contributed by atoms with Crippen molar-refractivity contribution < 1.29 is 17.9 Å². The van der Waals surface area contributed by atoms with Crippen molar-refractivity contribution >= 4 is 33.3 Å². The summed E-state index contributed by atoms with van der Waals surface area (Å²) in [5.41, 5.74) is 2.84. The molecule has 0 amide bonds. The molecule has 0 bridgehead atoms. The number of sulfonamides is 1. The molecule has 0 saturated heterocycles. The van der Waals surface area contributed by atoms with Gasteiger partial charge in [0.25, 0.3) is 10.0 Å². The Kier molecular flexibility index (Phi) is 6.51. The lowest BCUT2D eigenvalue weighted by Crippen LogP contribution is -2.26. The maximum Gasteiger partial charge on any atom is 0.305 e. The van der Waals surface area contributed by atoms with Crippen LogP contribution in [-0.2, 0) is 19.6 Å². The van der Waals surface area contributed by atoms with E-state index in [0.717, 1.165) is 12.0 Å². The summed E-state index contributed by atoms with van der Waals surface area (Å²) in [5, 5.41) is 4.00. The number of methoxy groups -OCH3 is 1. The number of hydrogen-bond donors (Lipinski definition) is 1. The zero-order valence-electron chi connectivity index (χ0n) is 16.7. The number of fused-ring (bicyclic) bond motifs is 2. The molecule has 1 N–H and O–H groups in total. The van der Waals surface area contributed by atoms with Crippen LogP contribution in [0.2, 0.25) is 5.02 Å². The second kappa shape index (κ2) is 8.73. The maximum absolute atomic E-state index is 13.3. The molecule has 1 aliphatic rings. The predicted octanol–water partition coefficient (Wildman–Crippen LogP) is 3.81. The van der Waals surface area contributed by atoms with Crippen molar-refractivity contribution in [3.05, 3.63) is 58.1 Å². The zero-order valence-corrected chi connectivity index (χ0v) is 18.3. The molecule has 0 saturated carbocycles. The van der Waals surface area contributed by atoms with Crippen molar-refractivity contribution in [2.75, 3.05) is 25.0 Å². The number of rotatable bonds is 6. The molecule has 0 fully saturated rings. The highest BCUT2D eigenvalue weighted by Crippen LogP contribution is 2.41. The van der Waals surface area contributed by atoms with Gasteiger partial charge in [-0.2, -0.15) is 0 Å². The molecule has 6 nitrogen and oxygen atoms in total. The van der Waals surface area contributed by atoms with Gasteiger partial charge in [-0.05, 0) is 61.2 Å². The minimum absolute atomic E-state index is 0.231. The van der Waals surface area contributed by atoms with Gasteiger partial charge in [-0.1, -0.05) is 29.8 Å². The van der Waals surface area contributed by atoms with Gasteiger partial charge in [0.15, 0.2) is 0 Å². The number of benzene rings is 2. The van der Waals surface area contributed by atoms with Gasteiger partial charge >= 0.3 is 5.97 Å². The maximum atomic E-state index is 13.3. The van der Waals surface area contributed by atoms with Crippen molar-refractivity contribution in [3.63, 3.8) is 0 Å². The molecule has 156 valence electrons. The molecular formula is C21H25ClN2O4S. The fourth-order valence-corrected chi connectivity index (χ4v) is 5.24. The smallest absolute Gasteiger partial charge is 0.305 e. The second-order valence-electron chi connectivity index (χ2n) is 7.09. The summed E-state index contributed by atoms with van der Waals surface area (Å²) in [6, 6.07) is 10.5. The number of esters is 1. The predicted molar refractivity (Wildman–Crippen MR) is 114 cm³/mol. The quantitative estimate of drug-likeness (QED) is 0.550. The van der Waals surface area contributed by atoms with E-state index in [4.69, 9.17) is 11.6 Å². The average Bonchev–Trinajstić information content (AvgIpc) is 2.77. The minimum Gasteiger partial charge on any atom is -0.469 e. The van der Waals surface area contributed by atoms with Crippen molar-refractivity contribution in [1.29, 1.82) is 0 Å². The molecule has 0 aromatic heterocycles. The van der Waals surface area contributed by atoms with Gasteiger partial charge in [-0.3, -0.25) is 9.10 Å². The first-order valence-corrected chi connectivity index (χ1v) is 11.3. The summed E-state index contributed by atoms with van der Waals surface area (Å²) >= 11 is 6.37. The van der Waals surface area contributed by atoms with E-state index in [2.05, 4.69) is 10.1 Å². The molecule has 2 aromatic carbocycles. The molecule has 0 spiro atoms. The van der Waals surface area contributed by atoms with E-state index in [9.17, 15) is 13.2 Å². The Morgan fingerprint density at radius 3 is 2.66 bits per heavy atom. The van der Waals surface area contributed by atoms with Gasteiger partial charge in [0.05, 0.1) is 23.7 Å². The standard InChI is InChI=1S/C21H25ClN2O4S/c1-14-12-19-16(13-17(14)22)21(23-11-7-6-10-20(25)28-3)15-8-4-5-9-18(15)24(2)29(19,26)27/h4-5,8-9,12-13,21,23H,6-7,10-11H2,1-3H3. The van der Waals surface area contributed by atoms with Crippen molar-refractivity contribution in [1.82, 2.24) is 5.32 Å². The summed E-state index contributed by atoms with van der Waals surface area (Å²) in [7, 11) is -0.771. The number of halogens is 1. The highest BCUT2D eigenvalue weighted by molar-refractivity contribution is 7.92. The molecule has 3 rings (SSSR count). The summed E-state index contributed by atoms with van der Waals surface area (Å²) in [4.78, 5) is 11.6. The Bertz CT molecular complexity index is 1020. The van der Waals surface area contributed by atoms with Crippen LogP contribution in [0.3, 0.4) is 0 Å². The van der Waals surface area contributed by atoms with E-state index in [1.165, 1.54) is 11.4 Å². The molecule has 1 unspecified atom stereocenters. The number of carbonyl (C=O) groups is 1. The molecule has 2 aromatic rings. The van der Waals surface area contributed by atoms with Crippen LogP contribution in [0.15, 0.2) is 41.3 Å². The lowest BCUT2D eigenvalue weighted by molar-refractivity contribution is -0.140. The molecule has 0 aliphatic carbocycles. The third-order valence-electron chi connectivity index (χ3n) is 5.21. The largest absolute Gasteiger partial charge is 0.469 e. The van der Waals surface area contributed by atoms with Gasteiger partial charge in [-0.15, -0.1) is 0 Å². The minimum atomic E-state index is -3.72. The number of unbranched alkanes of at least 4 members (excludes halogenated alkanes) is 1.